The Labute approximate surface area is 217 Å². The second-order valence-corrected chi connectivity index (χ2v) is 11.8. The van der Waals surface area contributed by atoms with E-state index in [1.165, 1.54) is 6.20 Å². The molecule has 0 aliphatic carbocycles. The summed E-state index contributed by atoms with van der Waals surface area (Å²) in [4.78, 5) is 15.4. The molecule has 0 radical (unpaired) electrons. The summed E-state index contributed by atoms with van der Waals surface area (Å²) in [5.41, 5.74) is 3.79. The number of carboxylic acid groups (broad SMARTS) is 1. The number of furan rings is 1. The zero-order valence-electron chi connectivity index (χ0n) is 21.1. The molecule has 1 unspecified atom stereocenters. The lowest BCUT2D eigenvalue weighted by atomic mass is 10.00. The van der Waals surface area contributed by atoms with Crippen LogP contribution in [0.2, 0.25) is 0 Å². The highest BCUT2D eigenvalue weighted by molar-refractivity contribution is 7.84. The van der Waals surface area contributed by atoms with Gasteiger partial charge in [-0.25, -0.2) is 13.3 Å². The van der Waals surface area contributed by atoms with Gasteiger partial charge in [-0.2, -0.15) is 0 Å². The number of aliphatic carboxylic acids is 1. The van der Waals surface area contributed by atoms with Crippen LogP contribution in [0, 0.1) is 12.7 Å². The highest BCUT2D eigenvalue weighted by Gasteiger charge is 2.21. The van der Waals surface area contributed by atoms with E-state index in [0.29, 0.717) is 28.0 Å². The van der Waals surface area contributed by atoms with E-state index in [1.54, 1.807) is 36.6 Å². The summed E-state index contributed by atoms with van der Waals surface area (Å²) in [5, 5.41) is 10.0. The Bertz CT molecular complexity index is 1480. The van der Waals surface area contributed by atoms with Gasteiger partial charge in [0.25, 0.3) is 0 Å². The van der Waals surface area contributed by atoms with Gasteiger partial charge in [0.1, 0.15) is 17.9 Å². The van der Waals surface area contributed by atoms with Crippen molar-refractivity contribution < 1.29 is 27.7 Å². The Morgan fingerprint density at radius 1 is 1.16 bits per heavy atom. The number of halogens is 1. The van der Waals surface area contributed by atoms with Gasteiger partial charge in [0.15, 0.2) is 5.82 Å². The Balaban J connectivity index is 1.65. The molecule has 4 aromatic rings. The van der Waals surface area contributed by atoms with E-state index in [-0.39, 0.29) is 25.3 Å². The monoisotopic (exact) mass is 524 g/mol. The van der Waals surface area contributed by atoms with E-state index in [2.05, 4.69) is 9.71 Å². The van der Waals surface area contributed by atoms with Crippen LogP contribution in [-0.2, 0) is 35.4 Å². The first-order valence-electron chi connectivity index (χ1n) is 11.8. The second kappa shape index (κ2) is 10.8. The molecule has 0 saturated carbocycles. The zero-order valence-corrected chi connectivity index (χ0v) is 21.9. The first kappa shape index (κ1) is 26.5. The molecule has 0 amide bonds. The molecule has 0 fully saturated rings. The third-order valence-electron chi connectivity index (χ3n) is 5.75. The van der Waals surface area contributed by atoms with Crippen molar-refractivity contribution in [2.24, 2.45) is 0 Å². The van der Waals surface area contributed by atoms with Crippen molar-refractivity contribution in [3.05, 3.63) is 83.1 Å². The van der Waals surface area contributed by atoms with Gasteiger partial charge in [-0.1, -0.05) is 12.1 Å². The fraction of sp³-hybridized carbons (Fsp3) is 0.286. The van der Waals surface area contributed by atoms with Crippen LogP contribution in [0.5, 0.6) is 5.75 Å². The number of fused-ring (bicyclic) bond motifs is 1. The number of hydrogen-bond donors (Lipinski definition) is 2. The standard InChI is InChI=1S/C28H29FN2O5S/c1-17-5-6-19(14-25(32)33)24(11-17)36-16-18-12-20-8-10-35-27(20)22(13-18)21-7-9-30-23(26(21)29)15-31-37(34)28(2,3)4/h5-13,31H,14-16H2,1-4H3,(H,32,33). The number of nitrogens with zero attached hydrogens (tertiary/aromatic N) is 1. The van der Waals surface area contributed by atoms with Gasteiger partial charge in [0.2, 0.25) is 0 Å². The van der Waals surface area contributed by atoms with Crippen molar-refractivity contribution in [1.29, 1.82) is 0 Å². The van der Waals surface area contributed by atoms with E-state index in [1.807, 2.05) is 39.8 Å². The average Bonchev–Trinajstić information content (AvgIpc) is 3.31. The third-order valence-corrected chi connectivity index (χ3v) is 7.27. The predicted octanol–water partition coefficient (Wildman–Crippen LogP) is 5.70. The van der Waals surface area contributed by atoms with Gasteiger partial charge in [-0.15, -0.1) is 0 Å². The molecule has 2 aromatic carbocycles. The molecule has 0 aliphatic heterocycles. The molecule has 2 aromatic heterocycles. The molecule has 37 heavy (non-hydrogen) atoms. The van der Waals surface area contributed by atoms with E-state index in [4.69, 9.17) is 9.15 Å². The van der Waals surface area contributed by atoms with Crippen LogP contribution in [0.25, 0.3) is 22.1 Å². The number of aryl methyl sites for hydroxylation is 1. The SMILES string of the molecule is Cc1ccc(CC(=O)O)c(OCc2cc(-c3ccnc(CNS(=O)C(C)(C)C)c3F)c3occc3c2)c1. The number of pyridine rings is 1. The molecule has 0 spiro atoms. The van der Waals surface area contributed by atoms with Gasteiger partial charge >= 0.3 is 5.97 Å². The number of benzene rings is 2. The topological polar surface area (TPSA) is 102 Å². The first-order chi connectivity index (χ1) is 17.5. The third kappa shape index (κ3) is 6.23. The van der Waals surface area contributed by atoms with E-state index in [9.17, 15) is 14.1 Å². The van der Waals surface area contributed by atoms with E-state index < -0.39 is 27.5 Å². The molecule has 4 rings (SSSR count). The smallest absolute Gasteiger partial charge is 0.307 e. The maximum absolute atomic E-state index is 15.6. The van der Waals surface area contributed by atoms with Crippen LogP contribution < -0.4 is 9.46 Å². The molecular weight excluding hydrogens is 495 g/mol. The molecule has 7 nitrogen and oxygen atoms in total. The minimum absolute atomic E-state index is 0.00731. The van der Waals surface area contributed by atoms with Crippen molar-refractivity contribution in [1.82, 2.24) is 9.71 Å². The van der Waals surface area contributed by atoms with Crippen LogP contribution in [-0.4, -0.2) is 25.0 Å². The Hall–Kier alpha value is -3.56. The Morgan fingerprint density at radius 2 is 1.95 bits per heavy atom. The summed E-state index contributed by atoms with van der Waals surface area (Å²) >= 11 is 0. The molecule has 2 N–H and O–H groups in total. The van der Waals surface area contributed by atoms with Crippen LogP contribution in [0.15, 0.2) is 59.3 Å². The number of aromatic nitrogens is 1. The van der Waals surface area contributed by atoms with Crippen LogP contribution >= 0.6 is 0 Å². The normalized spacial score (nSPS) is 12.6. The zero-order chi connectivity index (χ0) is 26.7. The van der Waals surface area contributed by atoms with Crippen molar-refractivity contribution in [3.63, 3.8) is 0 Å². The molecule has 0 bridgehead atoms. The van der Waals surface area contributed by atoms with Gasteiger partial charge in [-0.3, -0.25) is 9.78 Å². The lowest BCUT2D eigenvalue weighted by Crippen LogP contribution is -2.33. The van der Waals surface area contributed by atoms with Gasteiger partial charge in [0, 0.05) is 28.3 Å². The minimum atomic E-state index is -1.37. The van der Waals surface area contributed by atoms with Crippen molar-refractivity contribution in [3.8, 4) is 16.9 Å². The molecule has 1 atom stereocenters. The summed E-state index contributed by atoms with van der Waals surface area (Å²) in [6, 6.07) is 12.4. The van der Waals surface area contributed by atoms with Gasteiger partial charge in [0.05, 0.1) is 40.7 Å². The number of carboxylic acids is 1. The molecule has 194 valence electrons. The maximum Gasteiger partial charge on any atom is 0.307 e. The number of nitrogens with one attached hydrogen (secondary N) is 1. The highest BCUT2D eigenvalue weighted by Crippen LogP contribution is 2.34. The molecule has 0 aliphatic rings. The average molecular weight is 525 g/mol. The maximum atomic E-state index is 15.6. The van der Waals surface area contributed by atoms with Crippen LogP contribution in [0.1, 0.15) is 43.2 Å². The lowest BCUT2D eigenvalue weighted by molar-refractivity contribution is -0.136. The summed E-state index contributed by atoms with van der Waals surface area (Å²) < 4.78 is 42.0. The van der Waals surface area contributed by atoms with Crippen molar-refractivity contribution in [2.75, 3.05) is 0 Å². The fourth-order valence-electron chi connectivity index (χ4n) is 3.86. The summed E-state index contributed by atoms with van der Waals surface area (Å²) in [6.45, 7) is 7.56. The second-order valence-electron chi connectivity index (χ2n) is 9.77. The number of rotatable bonds is 9. The Kier molecular flexibility index (Phi) is 7.75. The van der Waals surface area contributed by atoms with Crippen LogP contribution in [0.4, 0.5) is 4.39 Å². The summed E-state index contributed by atoms with van der Waals surface area (Å²) in [6.07, 6.45) is 2.90. The molecule has 2 heterocycles. The van der Waals surface area contributed by atoms with E-state index in [0.717, 1.165) is 16.5 Å². The number of carbonyl (C=O) groups is 1. The van der Waals surface area contributed by atoms with Gasteiger partial charge in [-0.05, 0) is 69.2 Å². The Morgan fingerprint density at radius 3 is 2.68 bits per heavy atom. The highest BCUT2D eigenvalue weighted by atomic mass is 32.2. The fourth-order valence-corrected chi connectivity index (χ4v) is 4.56. The number of ether oxygens (including phenoxy) is 1. The minimum Gasteiger partial charge on any atom is -0.489 e. The van der Waals surface area contributed by atoms with Crippen molar-refractivity contribution in [2.45, 2.75) is 52.0 Å². The van der Waals surface area contributed by atoms with Gasteiger partial charge < -0.3 is 14.3 Å². The largest absolute Gasteiger partial charge is 0.489 e. The molecular formula is C28H29FN2O5S. The predicted molar refractivity (Wildman–Crippen MR) is 141 cm³/mol. The van der Waals surface area contributed by atoms with Crippen LogP contribution in [0.3, 0.4) is 0 Å². The summed E-state index contributed by atoms with van der Waals surface area (Å²) in [7, 11) is -1.37. The van der Waals surface area contributed by atoms with E-state index >= 15 is 4.39 Å². The molecule has 9 heteroatoms. The van der Waals surface area contributed by atoms with Crippen molar-refractivity contribution >= 4 is 27.9 Å². The number of hydrogen-bond acceptors (Lipinski definition) is 5. The lowest BCUT2D eigenvalue weighted by Gasteiger charge is -2.18. The quantitative estimate of drug-likeness (QED) is 0.291. The first-order valence-corrected chi connectivity index (χ1v) is 12.9. The summed E-state index contributed by atoms with van der Waals surface area (Å²) in [5.74, 6) is -0.980. The molecule has 0 saturated heterocycles.